The van der Waals surface area contributed by atoms with Crippen LogP contribution in [0.2, 0.25) is 0 Å². The molecule has 0 aliphatic heterocycles. The summed E-state index contributed by atoms with van der Waals surface area (Å²) in [5.74, 6) is -0.367. The first kappa shape index (κ1) is 12.4. The highest BCUT2D eigenvalue weighted by molar-refractivity contribution is 9.10. The molecule has 0 saturated heterocycles. The maximum absolute atomic E-state index is 13.5. The molecular formula is C13H9BrFN3. The molecule has 0 atom stereocenters. The molecule has 0 amide bonds. The molecule has 2 aromatic rings. The van der Waals surface area contributed by atoms with Gasteiger partial charge in [0.25, 0.3) is 0 Å². The van der Waals surface area contributed by atoms with Crippen molar-refractivity contribution in [2.24, 2.45) is 0 Å². The number of rotatable bonds is 2. The molecule has 0 fully saturated rings. The van der Waals surface area contributed by atoms with Gasteiger partial charge in [-0.3, -0.25) is 0 Å². The van der Waals surface area contributed by atoms with Crippen LogP contribution < -0.4 is 11.1 Å². The van der Waals surface area contributed by atoms with Crippen LogP contribution in [0.1, 0.15) is 5.56 Å². The predicted octanol–water partition coefficient (Wildman–Crippen LogP) is 3.79. The minimum Gasteiger partial charge on any atom is -0.398 e. The van der Waals surface area contributed by atoms with Gasteiger partial charge in [-0.25, -0.2) is 4.39 Å². The Bertz CT molecular complexity index is 635. The fraction of sp³-hybridized carbons (Fsp3) is 0. The quantitative estimate of drug-likeness (QED) is 0.830. The topological polar surface area (TPSA) is 61.8 Å². The molecule has 3 N–H and O–H groups in total. The van der Waals surface area contributed by atoms with Crippen LogP contribution in [0.5, 0.6) is 0 Å². The molecule has 90 valence electrons. The van der Waals surface area contributed by atoms with Gasteiger partial charge in [0.1, 0.15) is 11.9 Å². The molecule has 18 heavy (non-hydrogen) atoms. The van der Waals surface area contributed by atoms with Gasteiger partial charge in [0.15, 0.2) is 0 Å². The van der Waals surface area contributed by atoms with Crippen LogP contribution in [-0.2, 0) is 0 Å². The Morgan fingerprint density at radius 1 is 1.22 bits per heavy atom. The van der Waals surface area contributed by atoms with Gasteiger partial charge in [0.2, 0.25) is 0 Å². The van der Waals surface area contributed by atoms with E-state index in [2.05, 4.69) is 21.2 Å². The van der Waals surface area contributed by atoms with Crippen LogP contribution >= 0.6 is 15.9 Å². The third-order valence-electron chi connectivity index (χ3n) is 2.38. The van der Waals surface area contributed by atoms with Crippen LogP contribution in [0.4, 0.5) is 21.5 Å². The van der Waals surface area contributed by atoms with Crippen molar-refractivity contribution in [1.29, 1.82) is 5.26 Å². The number of nitrogens with zero attached hydrogens (tertiary/aromatic N) is 1. The lowest BCUT2D eigenvalue weighted by Crippen LogP contribution is -1.96. The Morgan fingerprint density at radius 3 is 2.72 bits per heavy atom. The highest BCUT2D eigenvalue weighted by Crippen LogP contribution is 2.25. The van der Waals surface area contributed by atoms with E-state index < -0.39 is 0 Å². The first-order chi connectivity index (χ1) is 8.60. The zero-order chi connectivity index (χ0) is 13.1. The van der Waals surface area contributed by atoms with E-state index in [0.29, 0.717) is 22.6 Å². The summed E-state index contributed by atoms with van der Waals surface area (Å²) < 4.78 is 14.3. The number of nitrogens with two attached hydrogens (primary N) is 1. The third-order valence-corrected chi connectivity index (χ3v) is 2.87. The van der Waals surface area contributed by atoms with Gasteiger partial charge in [0, 0.05) is 15.8 Å². The van der Waals surface area contributed by atoms with Crippen molar-refractivity contribution in [1.82, 2.24) is 0 Å². The summed E-state index contributed by atoms with van der Waals surface area (Å²) in [6.07, 6.45) is 0. The van der Waals surface area contributed by atoms with Crippen molar-refractivity contribution in [3.63, 3.8) is 0 Å². The summed E-state index contributed by atoms with van der Waals surface area (Å²) in [4.78, 5) is 0. The Labute approximate surface area is 112 Å². The van der Waals surface area contributed by atoms with Crippen molar-refractivity contribution in [3.8, 4) is 6.07 Å². The summed E-state index contributed by atoms with van der Waals surface area (Å²) in [6, 6.07) is 11.5. The summed E-state index contributed by atoms with van der Waals surface area (Å²) in [7, 11) is 0. The molecule has 0 saturated carbocycles. The molecule has 0 heterocycles. The number of nitriles is 1. The normalized spacial score (nSPS) is 9.83. The van der Waals surface area contributed by atoms with E-state index in [1.165, 1.54) is 6.07 Å². The lowest BCUT2D eigenvalue weighted by atomic mass is 10.1. The molecular weight excluding hydrogens is 297 g/mol. The van der Waals surface area contributed by atoms with E-state index in [-0.39, 0.29) is 5.82 Å². The zero-order valence-corrected chi connectivity index (χ0v) is 10.8. The molecule has 2 aromatic carbocycles. The number of halogens is 2. The Morgan fingerprint density at radius 2 is 2.00 bits per heavy atom. The number of nitrogens with one attached hydrogen (secondary N) is 1. The van der Waals surface area contributed by atoms with Gasteiger partial charge >= 0.3 is 0 Å². The largest absolute Gasteiger partial charge is 0.398 e. The zero-order valence-electron chi connectivity index (χ0n) is 9.24. The van der Waals surface area contributed by atoms with Crippen molar-refractivity contribution in [2.75, 3.05) is 11.1 Å². The van der Waals surface area contributed by atoms with E-state index in [1.807, 2.05) is 6.07 Å². The summed E-state index contributed by atoms with van der Waals surface area (Å²) in [5, 5.41) is 11.8. The van der Waals surface area contributed by atoms with Crippen molar-refractivity contribution in [2.45, 2.75) is 0 Å². The van der Waals surface area contributed by atoms with Gasteiger partial charge in [-0.05, 0) is 36.4 Å². The second kappa shape index (κ2) is 5.07. The molecule has 0 aromatic heterocycles. The van der Waals surface area contributed by atoms with Crippen molar-refractivity contribution < 1.29 is 4.39 Å². The minimum atomic E-state index is -0.367. The van der Waals surface area contributed by atoms with Crippen LogP contribution in [0.15, 0.2) is 40.9 Å². The fourth-order valence-corrected chi connectivity index (χ4v) is 1.84. The van der Waals surface area contributed by atoms with Gasteiger partial charge < -0.3 is 11.1 Å². The van der Waals surface area contributed by atoms with Crippen molar-refractivity contribution in [3.05, 3.63) is 52.3 Å². The predicted molar refractivity (Wildman–Crippen MR) is 73.0 cm³/mol. The summed E-state index contributed by atoms with van der Waals surface area (Å²) >= 11 is 3.27. The van der Waals surface area contributed by atoms with Gasteiger partial charge in [-0.15, -0.1) is 0 Å². The molecule has 0 bridgehead atoms. The van der Waals surface area contributed by atoms with Gasteiger partial charge in [-0.1, -0.05) is 15.9 Å². The highest BCUT2D eigenvalue weighted by Gasteiger charge is 2.05. The van der Waals surface area contributed by atoms with Gasteiger partial charge in [0.05, 0.1) is 11.3 Å². The molecule has 5 heteroatoms. The average Bonchev–Trinajstić information content (AvgIpc) is 2.36. The van der Waals surface area contributed by atoms with Crippen LogP contribution in [0.25, 0.3) is 0 Å². The molecule has 0 radical (unpaired) electrons. The van der Waals surface area contributed by atoms with E-state index in [9.17, 15) is 4.39 Å². The molecule has 0 unspecified atom stereocenters. The Kier molecular flexibility index (Phi) is 3.49. The number of anilines is 3. The van der Waals surface area contributed by atoms with Crippen LogP contribution in [-0.4, -0.2) is 0 Å². The second-order valence-electron chi connectivity index (χ2n) is 3.66. The molecule has 0 aliphatic carbocycles. The van der Waals surface area contributed by atoms with Crippen molar-refractivity contribution >= 4 is 33.0 Å². The Hall–Kier alpha value is -2.06. The summed E-state index contributed by atoms with van der Waals surface area (Å²) in [5.41, 5.74) is 7.31. The van der Waals surface area contributed by atoms with E-state index in [1.54, 1.807) is 30.3 Å². The number of hydrogen-bond donors (Lipinski definition) is 2. The molecule has 0 aliphatic rings. The molecule has 3 nitrogen and oxygen atoms in total. The molecule has 2 rings (SSSR count). The standard InChI is InChI=1S/C13H9BrFN3/c14-9-1-3-11(15)13(6-9)18-10-2-4-12(17)8(5-10)7-16/h1-6,18H,17H2. The maximum Gasteiger partial charge on any atom is 0.146 e. The number of benzene rings is 2. The van der Waals surface area contributed by atoms with Gasteiger partial charge in [-0.2, -0.15) is 5.26 Å². The van der Waals surface area contributed by atoms with E-state index >= 15 is 0 Å². The third kappa shape index (κ3) is 2.60. The maximum atomic E-state index is 13.5. The monoisotopic (exact) mass is 305 g/mol. The second-order valence-corrected chi connectivity index (χ2v) is 4.58. The lowest BCUT2D eigenvalue weighted by Gasteiger charge is -2.09. The van der Waals surface area contributed by atoms with E-state index in [4.69, 9.17) is 11.0 Å². The lowest BCUT2D eigenvalue weighted by molar-refractivity contribution is 0.631. The molecule has 0 spiro atoms. The summed E-state index contributed by atoms with van der Waals surface area (Å²) in [6.45, 7) is 0. The Balaban J connectivity index is 2.34. The number of nitrogen functional groups attached to an aromatic ring is 1. The first-order valence-corrected chi connectivity index (χ1v) is 5.91. The SMILES string of the molecule is N#Cc1cc(Nc2cc(Br)ccc2F)ccc1N. The van der Waals surface area contributed by atoms with Crippen LogP contribution in [0.3, 0.4) is 0 Å². The fourth-order valence-electron chi connectivity index (χ4n) is 1.48. The first-order valence-electron chi connectivity index (χ1n) is 5.12. The average molecular weight is 306 g/mol. The highest BCUT2D eigenvalue weighted by atomic mass is 79.9. The van der Waals surface area contributed by atoms with Crippen LogP contribution in [0, 0.1) is 17.1 Å². The minimum absolute atomic E-state index is 0.332. The smallest absolute Gasteiger partial charge is 0.146 e. The number of hydrogen-bond acceptors (Lipinski definition) is 3. The van der Waals surface area contributed by atoms with E-state index in [0.717, 1.165) is 4.47 Å².